The van der Waals surface area contributed by atoms with Crippen molar-refractivity contribution in [2.24, 2.45) is 17.3 Å². The first kappa shape index (κ1) is 48.6. The maximum atomic E-state index is 13.8. The molecule has 0 saturated carbocycles. The van der Waals surface area contributed by atoms with Crippen LogP contribution in [0.15, 0.2) is 91.7 Å². The fourth-order valence-electron chi connectivity index (χ4n) is 6.37. The van der Waals surface area contributed by atoms with E-state index in [1.54, 1.807) is 30.4 Å². The van der Waals surface area contributed by atoms with E-state index in [2.05, 4.69) is 46.4 Å². The Morgan fingerprint density at radius 2 is 1.16 bits per heavy atom. The Hall–Kier alpha value is -4.48. The van der Waals surface area contributed by atoms with Gasteiger partial charge in [-0.3, -0.25) is 9.59 Å². The molecular weight excluding hydrogens is 865 g/mol. The smallest absolute Gasteiger partial charge is 0.351 e. The van der Waals surface area contributed by atoms with Gasteiger partial charge >= 0.3 is 23.9 Å². The standard InChI is InChI=1S/C46H54N4O8S4/c1-30(2)17-19-49-36-11-7-9-13-38(36)61-42(49)34(21-47)44(53)56-28-46(6,27-55-40(51)15-16-41(52)58-33-25-59-23-32(5)24-60-26-33)29-57-45(54)35(22-48)43-50(20-18-31(3)4)37-12-8-10-14-39(37)62-43/h7-14,30-31,33H,5,15-20,23-29H2,1-4,6H3. The van der Waals surface area contributed by atoms with Crippen LogP contribution in [0.2, 0.25) is 0 Å². The second-order valence-electron chi connectivity index (χ2n) is 16.4. The van der Waals surface area contributed by atoms with Crippen molar-refractivity contribution in [3.8, 4) is 12.1 Å². The Kier molecular flexibility index (Phi) is 18.2. The van der Waals surface area contributed by atoms with Crippen LogP contribution in [0.3, 0.4) is 0 Å². The average Bonchev–Trinajstić information content (AvgIpc) is 3.79. The second-order valence-corrected chi connectivity index (χ2v) is 20.5. The fraction of sp³-hybridized carbons (Fsp3) is 0.478. The first-order chi connectivity index (χ1) is 29.7. The molecule has 16 heteroatoms. The zero-order valence-corrected chi connectivity index (χ0v) is 39.2. The van der Waals surface area contributed by atoms with Gasteiger partial charge in [-0.15, -0.1) is 0 Å². The molecule has 1 saturated heterocycles. The van der Waals surface area contributed by atoms with Crippen molar-refractivity contribution in [3.05, 3.63) is 81.9 Å². The number of nitriles is 2. The molecule has 330 valence electrons. The summed E-state index contributed by atoms with van der Waals surface area (Å²) in [4.78, 5) is 59.2. The summed E-state index contributed by atoms with van der Waals surface area (Å²) in [6.45, 7) is 14.0. The number of nitrogens with zero attached hydrogens (tertiary/aromatic N) is 4. The van der Waals surface area contributed by atoms with Crippen molar-refractivity contribution in [2.75, 3.05) is 65.7 Å². The van der Waals surface area contributed by atoms with Gasteiger partial charge in [0.1, 0.15) is 48.1 Å². The number of ether oxygens (including phenoxy) is 4. The van der Waals surface area contributed by atoms with E-state index in [0.717, 1.165) is 51.1 Å². The minimum Gasteiger partial charge on any atom is -0.465 e. The van der Waals surface area contributed by atoms with Gasteiger partial charge in [-0.25, -0.2) is 9.59 Å². The monoisotopic (exact) mass is 918 g/mol. The summed E-state index contributed by atoms with van der Waals surface area (Å²) in [6.07, 6.45) is 0.886. The normalized spacial score (nSPS) is 17.8. The molecule has 3 aliphatic rings. The van der Waals surface area contributed by atoms with E-state index in [1.807, 2.05) is 58.3 Å². The number of para-hydroxylation sites is 2. The molecule has 0 unspecified atom stereocenters. The molecule has 0 aromatic heterocycles. The summed E-state index contributed by atoms with van der Waals surface area (Å²) in [5.41, 5.74) is 1.21. The van der Waals surface area contributed by atoms with Crippen LogP contribution in [-0.4, -0.2) is 85.9 Å². The highest BCUT2D eigenvalue weighted by Crippen LogP contribution is 2.48. The molecule has 62 heavy (non-hydrogen) atoms. The quantitative estimate of drug-likeness (QED) is 0.0458. The van der Waals surface area contributed by atoms with Crippen LogP contribution in [-0.2, 0) is 38.1 Å². The van der Waals surface area contributed by atoms with Gasteiger partial charge in [0.05, 0.1) is 29.6 Å². The third kappa shape index (κ3) is 13.5. The zero-order chi connectivity index (χ0) is 44.8. The molecule has 3 heterocycles. The highest BCUT2D eigenvalue weighted by Gasteiger charge is 2.37. The lowest BCUT2D eigenvalue weighted by Gasteiger charge is -2.28. The number of benzene rings is 2. The second kappa shape index (κ2) is 23.3. The van der Waals surface area contributed by atoms with E-state index in [9.17, 15) is 29.7 Å². The molecule has 0 atom stereocenters. The van der Waals surface area contributed by atoms with Crippen molar-refractivity contribution < 1.29 is 38.1 Å². The van der Waals surface area contributed by atoms with Crippen LogP contribution in [0.1, 0.15) is 60.3 Å². The summed E-state index contributed by atoms with van der Waals surface area (Å²) in [7, 11) is 0. The van der Waals surface area contributed by atoms with Crippen LogP contribution in [0.4, 0.5) is 11.4 Å². The van der Waals surface area contributed by atoms with Crippen molar-refractivity contribution >= 4 is 82.3 Å². The molecule has 3 aliphatic heterocycles. The summed E-state index contributed by atoms with van der Waals surface area (Å²) < 4.78 is 22.9. The van der Waals surface area contributed by atoms with Gasteiger partial charge in [0.15, 0.2) is 11.1 Å². The van der Waals surface area contributed by atoms with Crippen molar-refractivity contribution in [1.29, 1.82) is 10.5 Å². The van der Waals surface area contributed by atoms with Crippen LogP contribution in [0, 0.1) is 39.9 Å². The van der Waals surface area contributed by atoms with E-state index in [-0.39, 0.29) is 36.7 Å². The highest BCUT2D eigenvalue weighted by atomic mass is 32.2. The van der Waals surface area contributed by atoms with Gasteiger partial charge in [-0.05, 0) is 55.9 Å². The van der Waals surface area contributed by atoms with Gasteiger partial charge in [-0.2, -0.15) is 34.0 Å². The number of hydrogen-bond acceptors (Lipinski definition) is 16. The Labute approximate surface area is 382 Å². The number of rotatable bonds is 18. The zero-order valence-electron chi connectivity index (χ0n) is 35.9. The summed E-state index contributed by atoms with van der Waals surface area (Å²) in [6, 6.07) is 19.5. The largest absolute Gasteiger partial charge is 0.465 e. The number of carbonyl (C=O) groups is 4. The van der Waals surface area contributed by atoms with E-state index in [1.165, 1.54) is 23.5 Å². The predicted molar refractivity (Wildman–Crippen MR) is 247 cm³/mol. The number of thioether (sulfide) groups is 4. The van der Waals surface area contributed by atoms with Crippen LogP contribution < -0.4 is 9.80 Å². The number of carbonyl (C=O) groups excluding carboxylic acids is 4. The first-order valence-electron chi connectivity index (χ1n) is 20.6. The Bertz CT molecular complexity index is 2020. The summed E-state index contributed by atoms with van der Waals surface area (Å²) >= 11 is 5.94. The lowest BCUT2D eigenvalue weighted by atomic mass is 9.94. The Balaban J connectivity index is 1.31. The molecule has 0 aliphatic carbocycles. The number of fused-ring (bicyclic) bond motifs is 2. The molecule has 0 bridgehead atoms. The molecule has 12 nitrogen and oxygen atoms in total. The Morgan fingerprint density at radius 3 is 1.61 bits per heavy atom. The van der Waals surface area contributed by atoms with E-state index < -0.39 is 42.5 Å². The summed E-state index contributed by atoms with van der Waals surface area (Å²) in [5.74, 6) is 0.615. The minimum atomic E-state index is -1.33. The van der Waals surface area contributed by atoms with Gasteiger partial charge < -0.3 is 28.7 Å². The summed E-state index contributed by atoms with van der Waals surface area (Å²) in [5, 5.41) is 21.6. The van der Waals surface area contributed by atoms with Gasteiger partial charge in [0.2, 0.25) is 0 Å². The van der Waals surface area contributed by atoms with Crippen LogP contribution in [0.5, 0.6) is 0 Å². The fourth-order valence-corrected chi connectivity index (χ4v) is 10.9. The van der Waals surface area contributed by atoms with Gasteiger partial charge in [0.25, 0.3) is 0 Å². The molecule has 1 fully saturated rings. The van der Waals surface area contributed by atoms with Crippen molar-refractivity contribution in [1.82, 2.24) is 0 Å². The SMILES string of the molecule is C=C1CSCC(OC(=O)CCC(=O)OCC(C)(COC(=O)C(C#N)=C2Sc3ccccc3N2CCC(C)C)COC(=O)C(C#N)=C2Sc3ccccc3N2CCC(C)C)CSC1. The molecule has 0 N–H and O–H groups in total. The lowest BCUT2D eigenvalue weighted by Crippen LogP contribution is -2.37. The minimum absolute atomic E-state index is 0.188. The highest BCUT2D eigenvalue weighted by molar-refractivity contribution is 8.04. The van der Waals surface area contributed by atoms with Gasteiger partial charge in [-0.1, -0.05) is 87.6 Å². The third-order valence-corrected chi connectivity index (χ3v) is 14.7. The molecule has 0 spiro atoms. The van der Waals surface area contributed by atoms with E-state index in [4.69, 9.17) is 18.9 Å². The predicted octanol–water partition coefficient (Wildman–Crippen LogP) is 9.14. The van der Waals surface area contributed by atoms with Crippen molar-refractivity contribution in [2.45, 2.75) is 76.2 Å². The first-order valence-corrected chi connectivity index (χ1v) is 24.5. The lowest BCUT2D eigenvalue weighted by molar-refractivity contribution is -0.160. The molecule has 5 rings (SSSR count). The average molecular weight is 919 g/mol. The topological polar surface area (TPSA) is 159 Å². The van der Waals surface area contributed by atoms with Crippen LogP contribution >= 0.6 is 47.0 Å². The molecule has 0 radical (unpaired) electrons. The van der Waals surface area contributed by atoms with Crippen LogP contribution in [0.25, 0.3) is 0 Å². The molecule has 2 aromatic rings. The number of hydrogen-bond donors (Lipinski definition) is 0. The maximum Gasteiger partial charge on any atom is 0.351 e. The van der Waals surface area contributed by atoms with Gasteiger partial charge in [0, 0.05) is 45.9 Å². The molecular formula is C46H54N4O8S4. The molecule has 0 amide bonds. The van der Waals surface area contributed by atoms with Crippen molar-refractivity contribution in [3.63, 3.8) is 0 Å². The molecule has 2 aromatic carbocycles. The Morgan fingerprint density at radius 1 is 0.726 bits per heavy atom. The third-order valence-electron chi connectivity index (χ3n) is 9.87. The maximum absolute atomic E-state index is 13.8. The van der Waals surface area contributed by atoms with E-state index >= 15 is 0 Å². The number of anilines is 2. The number of esters is 4. The van der Waals surface area contributed by atoms with E-state index in [0.29, 0.717) is 46.5 Å².